The molecule has 3 rings (SSSR count). The first kappa shape index (κ1) is 22.4. The maximum Gasteiger partial charge on any atom is 0.410 e. The zero-order valence-electron chi connectivity index (χ0n) is 19.1. The molecule has 0 saturated carbocycles. The molecule has 0 aromatic heterocycles. The molecule has 6 nitrogen and oxygen atoms in total. The molecule has 1 fully saturated rings. The Balaban J connectivity index is 1.73. The van der Waals surface area contributed by atoms with Crippen LogP contribution in [0.15, 0.2) is 24.3 Å². The van der Waals surface area contributed by atoms with E-state index in [0.717, 1.165) is 43.7 Å². The minimum atomic E-state index is -0.498. The number of carbonyl (C=O) groups is 2. The first-order chi connectivity index (χ1) is 14.2. The van der Waals surface area contributed by atoms with Crippen LogP contribution in [0.2, 0.25) is 0 Å². The lowest BCUT2D eigenvalue weighted by atomic mass is 9.76. The normalized spacial score (nSPS) is 20.3. The number of rotatable bonds is 4. The third-order valence-corrected chi connectivity index (χ3v) is 6.17. The van der Waals surface area contributed by atoms with Crippen molar-refractivity contribution in [1.82, 2.24) is 9.80 Å². The molecule has 0 bridgehead atoms. The topological polar surface area (TPSA) is 59.1 Å². The molecular weight excluding hydrogens is 380 g/mol. The minimum Gasteiger partial charge on any atom is -0.487 e. The molecule has 1 saturated heterocycles. The Bertz CT molecular complexity index is 759. The smallest absolute Gasteiger partial charge is 0.410 e. The lowest BCUT2D eigenvalue weighted by Gasteiger charge is -2.47. The second-order valence-corrected chi connectivity index (χ2v) is 9.46. The van der Waals surface area contributed by atoms with Crippen molar-refractivity contribution in [3.05, 3.63) is 29.8 Å². The van der Waals surface area contributed by atoms with Crippen LogP contribution in [0.25, 0.3) is 0 Å². The van der Waals surface area contributed by atoms with Gasteiger partial charge in [-0.25, -0.2) is 4.79 Å². The summed E-state index contributed by atoms with van der Waals surface area (Å²) in [5.41, 5.74) is 0.293. The highest BCUT2D eigenvalue weighted by Gasteiger charge is 2.45. The highest BCUT2D eigenvalue weighted by molar-refractivity contribution is 5.77. The van der Waals surface area contributed by atoms with Crippen molar-refractivity contribution in [2.24, 2.45) is 0 Å². The molecule has 0 radical (unpaired) electrons. The van der Waals surface area contributed by atoms with Crippen LogP contribution in [0.1, 0.15) is 71.8 Å². The van der Waals surface area contributed by atoms with Gasteiger partial charge in [0.15, 0.2) is 0 Å². The first-order valence-electron chi connectivity index (χ1n) is 11.2. The van der Waals surface area contributed by atoms with Crippen LogP contribution in [0.5, 0.6) is 5.75 Å². The van der Waals surface area contributed by atoms with Crippen molar-refractivity contribution in [2.75, 3.05) is 26.2 Å². The highest BCUT2D eigenvalue weighted by Crippen LogP contribution is 2.46. The highest BCUT2D eigenvalue weighted by atomic mass is 16.6. The van der Waals surface area contributed by atoms with E-state index in [-0.39, 0.29) is 23.5 Å². The van der Waals surface area contributed by atoms with E-state index in [9.17, 15) is 9.59 Å². The van der Waals surface area contributed by atoms with Gasteiger partial charge in [0.25, 0.3) is 0 Å². The quantitative estimate of drug-likeness (QED) is 0.721. The third kappa shape index (κ3) is 5.08. The Morgan fingerprint density at radius 2 is 1.80 bits per heavy atom. The fourth-order valence-corrected chi connectivity index (χ4v) is 4.57. The van der Waals surface area contributed by atoms with E-state index in [0.29, 0.717) is 19.5 Å². The Morgan fingerprint density at radius 1 is 1.17 bits per heavy atom. The van der Waals surface area contributed by atoms with E-state index in [1.165, 1.54) is 0 Å². The number of carbonyl (C=O) groups excluding carboxylic acids is 2. The molecule has 1 aromatic carbocycles. The number of ether oxygens (including phenoxy) is 2. The van der Waals surface area contributed by atoms with Gasteiger partial charge >= 0.3 is 6.09 Å². The summed E-state index contributed by atoms with van der Waals surface area (Å²) < 4.78 is 12.0. The van der Waals surface area contributed by atoms with Crippen LogP contribution in [-0.4, -0.2) is 59.2 Å². The average Bonchev–Trinajstić information content (AvgIpc) is 2.68. The van der Waals surface area contributed by atoms with Crippen molar-refractivity contribution in [1.29, 1.82) is 0 Å². The first-order valence-corrected chi connectivity index (χ1v) is 11.2. The fraction of sp³-hybridized carbons (Fsp3) is 0.667. The van der Waals surface area contributed by atoms with Gasteiger partial charge in [-0.05, 0) is 52.7 Å². The van der Waals surface area contributed by atoms with Crippen LogP contribution in [0.4, 0.5) is 4.79 Å². The Kier molecular flexibility index (Phi) is 6.63. The van der Waals surface area contributed by atoms with Gasteiger partial charge in [-0.2, -0.15) is 0 Å². The molecular formula is C24H36N2O4. The van der Waals surface area contributed by atoms with Crippen molar-refractivity contribution in [2.45, 2.75) is 77.4 Å². The molecule has 30 heavy (non-hydrogen) atoms. The van der Waals surface area contributed by atoms with Crippen molar-refractivity contribution in [3.63, 3.8) is 0 Å². The summed E-state index contributed by atoms with van der Waals surface area (Å²) in [5.74, 6) is 1.21. The molecule has 1 spiro atoms. The number of likely N-dealkylation sites (tertiary alicyclic amines) is 1. The van der Waals surface area contributed by atoms with E-state index in [1.807, 2.05) is 57.7 Å². The number of para-hydroxylation sites is 1. The van der Waals surface area contributed by atoms with Crippen LogP contribution < -0.4 is 4.74 Å². The summed E-state index contributed by atoms with van der Waals surface area (Å²) in [6.07, 6.45) is 2.54. The molecule has 1 atom stereocenters. The van der Waals surface area contributed by atoms with E-state index in [1.54, 1.807) is 4.90 Å². The molecule has 1 aromatic rings. The summed E-state index contributed by atoms with van der Waals surface area (Å²) in [4.78, 5) is 29.0. The van der Waals surface area contributed by atoms with E-state index < -0.39 is 5.60 Å². The lowest BCUT2D eigenvalue weighted by molar-refractivity contribution is -0.131. The molecule has 2 aliphatic heterocycles. The standard InChI is InChI=1S/C24H36N2O4/c1-6-25(7-2)21(27)16-18-17-24(29-20-11-9-8-10-19(18)20)12-14-26(15-13-24)22(28)30-23(3,4)5/h8-11,18H,6-7,12-17H2,1-5H3. The summed E-state index contributed by atoms with van der Waals surface area (Å²) in [6.45, 7) is 12.4. The largest absolute Gasteiger partial charge is 0.487 e. The van der Waals surface area contributed by atoms with Gasteiger partial charge < -0.3 is 19.3 Å². The number of piperidine rings is 1. The molecule has 2 aliphatic rings. The molecule has 1 unspecified atom stereocenters. The lowest BCUT2D eigenvalue weighted by Crippen LogP contribution is -2.52. The van der Waals surface area contributed by atoms with Crippen molar-refractivity contribution < 1.29 is 19.1 Å². The summed E-state index contributed by atoms with van der Waals surface area (Å²) >= 11 is 0. The van der Waals surface area contributed by atoms with E-state index in [4.69, 9.17) is 9.47 Å². The Morgan fingerprint density at radius 3 is 2.40 bits per heavy atom. The number of hydrogen-bond acceptors (Lipinski definition) is 4. The van der Waals surface area contributed by atoms with Crippen LogP contribution >= 0.6 is 0 Å². The number of amides is 2. The summed E-state index contributed by atoms with van der Waals surface area (Å²) in [5, 5.41) is 0. The molecule has 0 aliphatic carbocycles. The Hall–Kier alpha value is -2.24. The molecule has 2 amide bonds. The van der Waals surface area contributed by atoms with E-state index in [2.05, 4.69) is 6.07 Å². The minimum absolute atomic E-state index is 0.135. The maximum absolute atomic E-state index is 12.8. The summed E-state index contributed by atoms with van der Waals surface area (Å²) in [6, 6.07) is 8.08. The van der Waals surface area contributed by atoms with Crippen LogP contribution in [0, 0.1) is 0 Å². The summed E-state index contributed by atoms with van der Waals surface area (Å²) in [7, 11) is 0. The van der Waals surface area contributed by atoms with Gasteiger partial charge in [-0.1, -0.05) is 18.2 Å². The van der Waals surface area contributed by atoms with E-state index >= 15 is 0 Å². The van der Waals surface area contributed by atoms with Crippen molar-refractivity contribution >= 4 is 12.0 Å². The molecule has 166 valence electrons. The van der Waals surface area contributed by atoms with Gasteiger partial charge in [0.05, 0.1) is 0 Å². The van der Waals surface area contributed by atoms with Crippen molar-refractivity contribution in [3.8, 4) is 5.75 Å². The molecule has 6 heteroatoms. The van der Waals surface area contributed by atoms with Crippen LogP contribution in [-0.2, 0) is 9.53 Å². The second kappa shape index (κ2) is 8.86. The maximum atomic E-state index is 12.8. The average molecular weight is 417 g/mol. The molecule has 0 N–H and O–H groups in total. The predicted molar refractivity (Wildman–Crippen MR) is 117 cm³/mol. The number of benzene rings is 1. The monoisotopic (exact) mass is 416 g/mol. The third-order valence-electron chi connectivity index (χ3n) is 6.17. The van der Waals surface area contributed by atoms with Gasteiger partial charge in [-0.3, -0.25) is 4.79 Å². The van der Waals surface area contributed by atoms with Gasteiger partial charge in [0.1, 0.15) is 17.0 Å². The predicted octanol–water partition coefficient (Wildman–Crippen LogP) is 4.58. The van der Waals surface area contributed by atoms with Gasteiger partial charge in [0.2, 0.25) is 5.91 Å². The fourth-order valence-electron chi connectivity index (χ4n) is 4.57. The van der Waals surface area contributed by atoms with Gasteiger partial charge in [0, 0.05) is 51.4 Å². The molecule has 2 heterocycles. The van der Waals surface area contributed by atoms with Gasteiger partial charge in [-0.15, -0.1) is 0 Å². The number of fused-ring (bicyclic) bond motifs is 1. The SMILES string of the molecule is CCN(CC)C(=O)CC1CC2(CCN(C(=O)OC(C)(C)C)CC2)Oc2ccccc21. The van der Waals surface area contributed by atoms with Crippen LogP contribution in [0.3, 0.4) is 0 Å². The second-order valence-electron chi connectivity index (χ2n) is 9.46. The zero-order chi connectivity index (χ0) is 21.9. The number of nitrogens with zero attached hydrogens (tertiary/aromatic N) is 2. The zero-order valence-corrected chi connectivity index (χ0v) is 19.1. The number of hydrogen-bond donors (Lipinski definition) is 0. The Labute approximate surface area is 180 Å².